The van der Waals surface area contributed by atoms with Crippen molar-refractivity contribution in [1.29, 1.82) is 0 Å². The van der Waals surface area contributed by atoms with E-state index in [2.05, 4.69) is 31.8 Å². The highest BCUT2D eigenvalue weighted by Gasteiger charge is 2.21. The maximum atomic E-state index is 11.4. The van der Waals surface area contributed by atoms with E-state index in [4.69, 9.17) is 4.74 Å². The van der Waals surface area contributed by atoms with Crippen molar-refractivity contribution < 1.29 is 14.3 Å². The third-order valence-corrected chi connectivity index (χ3v) is 3.32. The van der Waals surface area contributed by atoms with Crippen LogP contribution in [0.25, 0.3) is 0 Å². The van der Waals surface area contributed by atoms with Crippen molar-refractivity contribution in [2.24, 2.45) is 11.0 Å². The van der Waals surface area contributed by atoms with E-state index in [1.165, 1.54) is 0 Å². The summed E-state index contributed by atoms with van der Waals surface area (Å²) < 4.78 is 4.90. The molecule has 0 aliphatic carbocycles. The highest BCUT2D eigenvalue weighted by Crippen LogP contribution is 2.18. The number of amides is 2. The van der Waals surface area contributed by atoms with Crippen molar-refractivity contribution in [1.82, 2.24) is 5.43 Å². The number of halogens is 1. The predicted octanol–water partition coefficient (Wildman–Crippen LogP) is 2.49. The van der Waals surface area contributed by atoms with Crippen LogP contribution < -0.4 is 10.7 Å². The summed E-state index contributed by atoms with van der Waals surface area (Å²) in [5.41, 5.74) is 4.89. The van der Waals surface area contributed by atoms with Crippen molar-refractivity contribution in [3.63, 3.8) is 0 Å². The van der Waals surface area contributed by atoms with Crippen LogP contribution in [0.3, 0.4) is 0 Å². The fourth-order valence-electron chi connectivity index (χ4n) is 2.01. The fraction of sp³-hybridized carbons (Fsp3) is 0.357. The van der Waals surface area contributed by atoms with Crippen molar-refractivity contribution >= 4 is 39.3 Å². The summed E-state index contributed by atoms with van der Waals surface area (Å²) in [6, 6.07) is 7.26. The summed E-state index contributed by atoms with van der Waals surface area (Å²) in [5.74, 6) is 0.000488. The number of hydrazone groups is 1. The Bertz CT molecular complexity index is 557. The van der Waals surface area contributed by atoms with Crippen LogP contribution in [0.15, 0.2) is 29.4 Å². The normalized spacial score (nSPS) is 17.7. The molecule has 2 N–H and O–H groups in total. The molecule has 1 aliphatic rings. The smallest absolute Gasteiger partial charge is 0.411 e. The Labute approximate surface area is 131 Å². The van der Waals surface area contributed by atoms with Crippen molar-refractivity contribution in [2.75, 3.05) is 17.3 Å². The third-order valence-electron chi connectivity index (χ3n) is 3.00. The van der Waals surface area contributed by atoms with Crippen LogP contribution >= 0.6 is 15.9 Å². The van der Waals surface area contributed by atoms with Gasteiger partial charge in [-0.1, -0.05) is 35.0 Å². The fourth-order valence-corrected chi connectivity index (χ4v) is 2.17. The summed E-state index contributed by atoms with van der Waals surface area (Å²) in [6.07, 6.45) is -0.0598. The third kappa shape index (κ3) is 4.29. The molecule has 2 amide bonds. The minimum absolute atomic E-state index is 0.0703. The lowest BCUT2D eigenvalue weighted by Gasteiger charge is -2.19. The molecule has 112 valence electrons. The van der Waals surface area contributed by atoms with Crippen LogP contribution in [0.5, 0.6) is 0 Å². The number of hydrogen-bond acceptors (Lipinski definition) is 4. The van der Waals surface area contributed by atoms with Gasteiger partial charge in [0.15, 0.2) is 0 Å². The summed E-state index contributed by atoms with van der Waals surface area (Å²) in [4.78, 5) is 22.6. The Balaban J connectivity index is 2.02. The second-order valence-corrected chi connectivity index (χ2v) is 5.46. The maximum Gasteiger partial charge on any atom is 0.411 e. The van der Waals surface area contributed by atoms with Crippen LogP contribution in [0, 0.1) is 5.92 Å². The molecule has 6 nitrogen and oxygen atoms in total. The molecule has 1 heterocycles. The first-order valence-electron chi connectivity index (χ1n) is 6.56. The number of benzene rings is 1. The van der Waals surface area contributed by atoms with Crippen molar-refractivity contribution in [3.05, 3.63) is 29.8 Å². The zero-order valence-electron chi connectivity index (χ0n) is 11.6. The molecule has 0 bridgehead atoms. The van der Waals surface area contributed by atoms with Crippen molar-refractivity contribution in [3.8, 4) is 0 Å². The van der Waals surface area contributed by atoms with Gasteiger partial charge in [-0.3, -0.25) is 10.1 Å². The van der Waals surface area contributed by atoms with E-state index < -0.39 is 6.09 Å². The van der Waals surface area contributed by atoms with Gasteiger partial charge in [0.25, 0.3) is 0 Å². The minimum atomic E-state index is -0.488. The molecule has 0 spiro atoms. The number of carbonyl (C=O) groups excluding carboxylic acids is 2. The number of anilines is 1. The highest BCUT2D eigenvalue weighted by molar-refractivity contribution is 9.09. The molecule has 1 unspecified atom stereocenters. The lowest BCUT2D eigenvalue weighted by molar-refractivity contribution is -0.121. The lowest BCUT2D eigenvalue weighted by atomic mass is 9.94. The van der Waals surface area contributed by atoms with Gasteiger partial charge in [-0.25, -0.2) is 10.2 Å². The Morgan fingerprint density at radius 2 is 2.19 bits per heavy atom. The topological polar surface area (TPSA) is 79.8 Å². The molecule has 21 heavy (non-hydrogen) atoms. The molecule has 1 atom stereocenters. The van der Waals surface area contributed by atoms with E-state index in [0.29, 0.717) is 24.0 Å². The molecule has 1 aromatic carbocycles. The standard InChI is InChI=1S/C14H16BrN3O3/c1-9-8-12(19)17-18-13(9)10-2-4-11(5-3-10)16-14(20)21-7-6-15/h2-5,9H,6-8H2,1H3,(H,16,20)(H,17,19). The Morgan fingerprint density at radius 3 is 2.81 bits per heavy atom. The van der Waals surface area contributed by atoms with E-state index >= 15 is 0 Å². The summed E-state index contributed by atoms with van der Waals surface area (Å²) in [5, 5.41) is 7.33. The number of ether oxygens (including phenoxy) is 1. The average molecular weight is 354 g/mol. The summed E-state index contributed by atoms with van der Waals surface area (Å²) >= 11 is 3.18. The molecule has 0 fully saturated rings. The van der Waals surface area contributed by atoms with Crippen LogP contribution in [0.2, 0.25) is 0 Å². The maximum absolute atomic E-state index is 11.4. The van der Waals surface area contributed by atoms with E-state index in [0.717, 1.165) is 11.3 Å². The van der Waals surface area contributed by atoms with E-state index in [-0.39, 0.29) is 11.8 Å². The molecule has 1 aliphatic heterocycles. The van der Waals surface area contributed by atoms with Crippen molar-refractivity contribution in [2.45, 2.75) is 13.3 Å². The first kappa shape index (κ1) is 15.5. The second kappa shape index (κ2) is 7.21. The van der Waals surface area contributed by atoms with Gasteiger partial charge >= 0.3 is 6.09 Å². The SMILES string of the molecule is CC1CC(=O)NN=C1c1ccc(NC(=O)OCCBr)cc1. The molecule has 0 radical (unpaired) electrons. The molecule has 2 rings (SSSR count). The largest absolute Gasteiger partial charge is 0.448 e. The van der Waals surface area contributed by atoms with E-state index in [9.17, 15) is 9.59 Å². The lowest BCUT2D eigenvalue weighted by Crippen LogP contribution is -2.31. The quantitative estimate of drug-likeness (QED) is 0.816. The molecule has 0 aromatic heterocycles. The van der Waals surface area contributed by atoms with Gasteiger partial charge in [-0.15, -0.1) is 0 Å². The van der Waals surface area contributed by atoms with Gasteiger partial charge in [0.05, 0.1) is 5.71 Å². The van der Waals surface area contributed by atoms with Gasteiger partial charge < -0.3 is 4.74 Å². The minimum Gasteiger partial charge on any atom is -0.448 e. The average Bonchev–Trinajstić information content (AvgIpc) is 2.46. The van der Waals surface area contributed by atoms with E-state index in [1.54, 1.807) is 12.1 Å². The van der Waals surface area contributed by atoms with Gasteiger partial charge in [0.1, 0.15) is 6.61 Å². The molecular formula is C14H16BrN3O3. The van der Waals surface area contributed by atoms with Gasteiger partial charge in [0.2, 0.25) is 5.91 Å². The molecule has 0 saturated heterocycles. The Kier molecular flexibility index (Phi) is 5.32. The number of nitrogens with one attached hydrogen (secondary N) is 2. The number of nitrogens with zero attached hydrogens (tertiary/aromatic N) is 1. The monoisotopic (exact) mass is 353 g/mol. The van der Waals surface area contributed by atoms with Gasteiger partial charge in [-0.05, 0) is 17.7 Å². The van der Waals surface area contributed by atoms with Crippen LogP contribution in [-0.2, 0) is 9.53 Å². The first-order chi connectivity index (χ1) is 10.1. The summed E-state index contributed by atoms with van der Waals surface area (Å²) in [7, 11) is 0. The zero-order valence-corrected chi connectivity index (χ0v) is 13.1. The highest BCUT2D eigenvalue weighted by atomic mass is 79.9. The number of alkyl halides is 1. The molecule has 0 saturated carbocycles. The summed E-state index contributed by atoms with van der Waals surface area (Å²) in [6.45, 7) is 2.28. The number of hydrogen-bond donors (Lipinski definition) is 2. The molecule has 7 heteroatoms. The predicted molar refractivity (Wildman–Crippen MR) is 83.7 cm³/mol. The van der Waals surface area contributed by atoms with E-state index in [1.807, 2.05) is 19.1 Å². The Hall–Kier alpha value is -1.89. The number of carbonyl (C=O) groups is 2. The van der Waals surface area contributed by atoms with Crippen LogP contribution in [0.1, 0.15) is 18.9 Å². The van der Waals surface area contributed by atoms with Crippen LogP contribution in [0.4, 0.5) is 10.5 Å². The van der Waals surface area contributed by atoms with Gasteiger partial charge in [0, 0.05) is 23.4 Å². The molecule has 1 aromatic rings. The van der Waals surface area contributed by atoms with Gasteiger partial charge in [-0.2, -0.15) is 5.10 Å². The second-order valence-electron chi connectivity index (χ2n) is 4.66. The number of rotatable bonds is 4. The zero-order chi connectivity index (χ0) is 15.2. The van der Waals surface area contributed by atoms with Crippen LogP contribution in [-0.4, -0.2) is 29.6 Å². The first-order valence-corrected chi connectivity index (χ1v) is 7.69. The Morgan fingerprint density at radius 1 is 1.48 bits per heavy atom. The molecular weight excluding hydrogens is 338 g/mol.